The Labute approximate surface area is 201 Å². The summed E-state index contributed by atoms with van der Waals surface area (Å²) in [5, 5.41) is 0. The molecule has 1 fully saturated rings. The smallest absolute Gasteiger partial charge is 0.150 e. The first-order valence-electron chi connectivity index (χ1n) is 11.1. The zero-order chi connectivity index (χ0) is 23.5. The average molecular weight is 465 g/mol. The molecule has 3 aromatic rings. The van der Waals surface area contributed by atoms with Gasteiger partial charge in [0.15, 0.2) is 0 Å². The van der Waals surface area contributed by atoms with Crippen molar-refractivity contribution >= 4 is 29.7 Å². The van der Waals surface area contributed by atoms with Gasteiger partial charge >= 0.3 is 0 Å². The number of hydrogen-bond acceptors (Lipinski definition) is 7. The molecule has 4 rings (SSSR count). The number of carbonyl (C=O) groups is 1. The number of anilines is 2. The van der Waals surface area contributed by atoms with E-state index in [1.165, 1.54) is 11.9 Å². The van der Waals surface area contributed by atoms with Crippen LogP contribution in [-0.4, -0.2) is 56.0 Å². The Kier molecular flexibility index (Phi) is 9.59. The normalized spacial score (nSPS) is 13.6. The predicted molar refractivity (Wildman–Crippen MR) is 138 cm³/mol. The van der Waals surface area contributed by atoms with E-state index in [9.17, 15) is 4.79 Å². The van der Waals surface area contributed by atoms with Crippen molar-refractivity contribution < 1.29 is 9.53 Å². The third-order valence-electron chi connectivity index (χ3n) is 5.31. The molecule has 174 valence electrons. The highest BCUT2D eigenvalue weighted by Crippen LogP contribution is 2.24. The molecule has 0 saturated carbocycles. The van der Waals surface area contributed by atoms with E-state index in [-0.39, 0.29) is 0 Å². The van der Waals surface area contributed by atoms with Gasteiger partial charge in [0, 0.05) is 48.5 Å². The number of hydrogen-bond donors (Lipinski definition) is 1. The Morgan fingerprint density at radius 3 is 2.45 bits per heavy atom. The van der Waals surface area contributed by atoms with Gasteiger partial charge in [-0.1, -0.05) is 12.1 Å². The number of aldehydes is 1. The maximum absolute atomic E-state index is 10.9. The summed E-state index contributed by atoms with van der Waals surface area (Å²) in [6.07, 6.45) is 2.74. The number of ether oxygens (including phenoxy) is 1. The molecule has 0 bridgehead atoms. The molecule has 0 atom stereocenters. The van der Waals surface area contributed by atoms with Gasteiger partial charge in [-0.2, -0.15) is 0 Å². The lowest BCUT2D eigenvalue weighted by atomic mass is 10.1. The summed E-state index contributed by atoms with van der Waals surface area (Å²) in [7, 11) is 2.16. The lowest BCUT2D eigenvalue weighted by Gasteiger charge is -2.33. The third-order valence-corrected chi connectivity index (χ3v) is 6.13. The molecule has 1 N–H and O–H groups in total. The van der Waals surface area contributed by atoms with Crippen molar-refractivity contribution in [1.82, 2.24) is 9.88 Å². The maximum atomic E-state index is 10.9. The van der Waals surface area contributed by atoms with Crippen LogP contribution in [0.15, 0.2) is 71.8 Å². The van der Waals surface area contributed by atoms with Crippen LogP contribution in [0.1, 0.15) is 22.8 Å². The number of nitrogens with zero attached hydrogens (tertiary/aromatic N) is 3. The topological polar surface area (TPSA) is 57.7 Å². The highest BCUT2D eigenvalue weighted by molar-refractivity contribution is 8.00. The van der Waals surface area contributed by atoms with Crippen LogP contribution < -0.4 is 14.4 Å². The molecule has 7 heteroatoms. The van der Waals surface area contributed by atoms with Gasteiger partial charge in [-0.05, 0) is 86.9 Å². The molecule has 0 radical (unpaired) electrons. The second-order valence-electron chi connectivity index (χ2n) is 7.78. The van der Waals surface area contributed by atoms with E-state index in [4.69, 9.17) is 4.74 Å². The zero-order valence-corrected chi connectivity index (χ0v) is 20.3. The van der Waals surface area contributed by atoms with E-state index in [0.717, 1.165) is 65.7 Å². The third kappa shape index (κ3) is 7.80. The van der Waals surface area contributed by atoms with Crippen molar-refractivity contribution in [2.24, 2.45) is 0 Å². The summed E-state index contributed by atoms with van der Waals surface area (Å²) < 4.78 is 8.64. The fourth-order valence-corrected chi connectivity index (χ4v) is 3.98. The maximum Gasteiger partial charge on any atom is 0.150 e. The molecule has 1 saturated heterocycles. The number of carbonyl (C=O) groups excluding carboxylic acids is 1. The molecule has 0 amide bonds. The number of likely N-dealkylation sites (N-methyl/N-ethyl adjacent to an activating group) is 1. The van der Waals surface area contributed by atoms with Crippen molar-refractivity contribution in [2.75, 3.05) is 49.5 Å². The predicted octanol–water partition coefficient (Wildman–Crippen LogP) is 5.16. The fraction of sp³-hybridized carbons (Fsp3) is 0.308. The Bertz CT molecular complexity index is 991. The number of aryl methyl sites for hydroxylation is 1. The molecule has 0 aliphatic carbocycles. The van der Waals surface area contributed by atoms with E-state index in [0.29, 0.717) is 6.61 Å². The summed E-state index contributed by atoms with van der Waals surface area (Å²) in [6.45, 7) is 9.01. The molecule has 2 aromatic carbocycles. The molecular formula is C26H32N4O2S. The molecule has 0 spiro atoms. The molecule has 1 aliphatic heterocycles. The summed E-state index contributed by atoms with van der Waals surface area (Å²) in [5.74, 6) is 1.97. The standard InChI is InChI=1S/C16H17NO2S.C10H15N3/c1-3-19-15-7-5-14(6-8-15)17-20-16-9-4-12(2)13(10-16)11-18;1-12-6-8-13(9-7-12)10-4-2-3-5-11-10/h4-11,17H,3H2,1-2H3;2-5H,6-9H2,1H3. The van der Waals surface area contributed by atoms with Crippen molar-refractivity contribution in [3.8, 4) is 5.75 Å². The number of aromatic nitrogens is 1. The Balaban J connectivity index is 0.000000203. The summed E-state index contributed by atoms with van der Waals surface area (Å²) >= 11 is 1.48. The monoisotopic (exact) mass is 464 g/mol. The van der Waals surface area contributed by atoms with Gasteiger partial charge in [-0.25, -0.2) is 4.98 Å². The van der Waals surface area contributed by atoms with Crippen LogP contribution in [0.5, 0.6) is 5.75 Å². The number of piperazine rings is 1. The highest BCUT2D eigenvalue weighted by Gasteiger charge is 2.14. The van der Waals surface area contributed by atoms with Crippen LogP contribution in [0.2, 0.25) is 0 Å². The minimum Gasteiger partial charge on any atom is -0.494 e. The van der Waals surface area contributed by atoms with Gasteiger partial charge < -0.3 is 19.3 Å². The summed E-state index contributed by atoms with van der Waals surface area (Å²) in [6, 6.07) is 19.7. The van der Waals surface area contributed by atoms with Gasteiger partial charge in [0.25, 0.3) is 0 Å². The van der Waals surface area contributed by atoms with Gasteiger partial charge in [-0.15, -0.1) is 0 Å². The van der Waals surface area contributed by atoms with Crippen LogP contribution in [0.4, 0.5) is 11.5 Å². The first kappa shape index (κ1) is 24.6. The quantitative estimate of drug-likeness (QED) is 0.383. The SMILES string of the molecule is CCOc1ccc(NSc2ccc(C)c(C=O)c2)cc1.CN1CCN(c2ccccn2)CC1. The summed E-state index contributed by atoms with van der Waals surface area (Å²) in [4.78, 5) is 20.9. The number of pyridine rings is 1. The molecule has 33 heavy (non-hydrogen) atoms. The lowest BCUT2D eigenvalue weighted by Crippen LogP contribution is -2.44. The Hall–Kier alpha value is -3.03. The highest BCUT2D eigenvalue weighted by atomic mass is 32.2. The van der Waals surface area contributed by atoms with E-state index in [1.54, 1.807) is 0 Å². The first-order chi connectivity index (χ1) is 16.1. The van der Waals surface area contributed by atoms with Gasteiger partial charge in [0.2, 0.25) is 0 Å². The van der Waals surface area contributed by atoms with Gasteiger partial charge in [0.05, 0.1) is 6.61 Å². The number of rotatable bonds is 7. The van der Waals surface area contributed by atoms with Crippen molar-refractivity contribution in [3.05, 3.63) is 78.0 Å². The van der Waals surface area contributed by atoms with E-state index in [2.05, 4.69) is 32.6 Å². The van der Waals surface area contributed by atoms with Crippen LogP contribution in [0.25, 0.3) is 0 Å². The van der Waals surface area contributed by atoms with Crippen molar-refractivity contribution in [1.29, 1.82) is 0 Å². The fourth-order valence-electron chi connectivity index (χ4n) is 3.29. The second kappa shape index (κ2) is 12.9. The van der Waals surface area contributed by atoms with E-state index in [1.807, 2.05) is 74.6 Å². The first-order valence-corrected chi connectivity index (χ1v) is 12.0. The molecule has 2 heterocycles. The van der Waals surface area contributed by atoms with Crippen LogP contribution in [0.3, 0.4) is 0 Å². The minimum absolute atomic E-state index is 0.666. The van der Waals surface area contributed by atoms with Gasteiger partial charge in [-0.3, -0.25) is 4.79 Å². The largest absolute Gasteiger partial charge is 0.494 e. The molecule has 1 aromatic heterocycles. The minimum atomic E-state index is 0.666. The number of benzene rings is 2. The summed E-state index contributed by atoms with van der Waals surface area (Å²) in [5.41, 5.74) is 2.71. The van der Waals surface area contributed by atoms with E-state index >= 15 is 0 Å². The molecule has 1 aliphatic rings. The Morgan fingerprint density at radius 2 is 1.82 bits per heavy atom. The number of nitrogens with one attached hydrogen (secondary N) is 1. The Morgan fingerprint density at radius 1 is 1.06 bits per heavy atom. The molecule has 6 nitrogen and oxygen atoms in total. The van der Waals surface area contributed by atoms with Crippen LogP contribution in [0, 0.1) is 6.92 Å². The molecule has 0 unspecified atom stereocenters. The van der Waals surface area contributed by atoms with Crippen molar-refractivity contribution in [2.45, 2.75) is 18.7 Å². The van der Waals surface area contributed by atoms with E-state index < -0.39 is 0 Å². The lowest BCUT2D eigenvalue weighted by molar-refractivity contribution is 0.112. The molecular weight excluding hydrogens is 432 g/mol. The van der Waals surface area contributed by atoms with Crippen LogP contribution >= 0.6 is 11.9 Å². The van der Waals surface area contributed by atoms with Crippen molar-refractivity contribution in [3.63, 3.8) is 0 Å². The van der Waals surface area contributed by atoms with Crippen LogP contribution in [-0.2, 0) is 0 Å². The van der Waals surface area contributed by atoms with Gasteiger partial charge in [0.1, 0.15) is 17.9 Å². The average Bonchev–Trinajstić information content (AvgIpc) is 2.86. The second-order valence-corrected chi connectivity index (χ2v) is 8.66. The zero-order valence-electron chi connectivity index (χ0n) is 19.5.